The Labute approximate surface area is 121 Å². The summed E-state index contributed by atoms with van der Waals surface area (Å²) in [5, 5.41) is 6.19. The zero-order valence-electron chi connectivity index (χ0n) is 11.0. The molecular weight excluding hydrogens is 311 g/mol. The second-order valence-corrected chi connectivity index (χ2v) is 5.91. The van der Waals surface area contributed by atoms with Gasteiger partial charge < -0.3 is 5.32 Å². The number of hydrogen-bond donors (Lipinski definition) is 2. The molecule has 1 aliphatic rings. The summed E-state index contributed by atoms with van der Waals surface area (Å²) in [4.78, 5) is 11.9. The van der Waals surface area contributed by atoms with Crippen molar-refractivity contribution in [2.24, 2.45) is 0 Å². The lowest BCUT2D eigenvalue weighted by molar-refractivity contribution is -0.123. The minimum atomic E-state index is -0.276. The second kappa shape index (κ2) is 6.01. The molecule has 0 bridgehead atoms. The van der Waals surface area contributed by atoms with E-state index in [9.17, 15) is 9.18 Å². The van der Waals surface area contributed by atoms with Gasteiger partial charge in [-0.15, -0.1) is 0 Å². The lowest BCUT2D eigenvalue weighted by atomic mass is 10.1. The van der Waals surface area contributed by atoms with E-state index in [0.29, 0.717) is 10.5 Å². The lowest BCUT2D eigenvalue weighted by Crippen LogP contribution is -2.43. The van der Waals surface area contributed by atoms with E-state index in [2.05, 4.69) is 26.6 Å². The maximum Gasteiger partial charge on any atom is 0.237 e. The monoisotopic (exact) mass is 328 g/mol. The Hall–Kier alpha value is -0.940. The fraction of sp³-hybridized carbons (Fsp3) is 0.500. The first-order valence-electron chi connectivity index (χ1n) is 6.48. The van der Waals surface area contributed by atoms with E-state index in [1.54, 1.807) is 6.07 Å². The van der Waals surface area contributed by atoms with Crippen LogP contribution < -0.4 is 10.6 Å². The quantitative estimate of drug-likeness (QED) is 0.872. The molecule has 2 N–H and O–H groups in total. The third kappa shape index (κ3) is 4.01. The van der Waals surface area contributed by atoms with Gasteiger partial charge in [-0.3, -0.25) is 10.1 Å². The van der Waals surface area contributed by atoms with Crippen molar-refractivity contribution in [1.82, 2.24) is 10.6 Å². The van der Waals surface area contributed by atoms with Crippen LogP contribution in [-0.2, 0) is 4.79 Å². The van der Waals surface area contributed by atoms with E-state index in [4.69, 9.17) is 0 Å². The molecule has 5 heteroatoms. The highest BCUT2D eigenvalue weighted by atomic mass is 79.9. The number of carbonyl (C=O) groups is 1. The van der Waals surface area contributed by atoms with E-state index in [1.165, 1.54) is 12.1 Å². The predicted octanol–water partition coefficient (Wildman–Crippen LogP) is 2.91. The zero-order valence-corrected chi connectivity index (χ0v) is 12.6. The molecule has 19 heavy (non-hydrogen) atoms. The number of hydrogen-bond acceptors (Lipinski definition) is 2. The standard InChI is InChI=1S/C14H18BrFN2O/c1-8(12-6-3-10(16)7-13(12)15)17-9(2)14(19)18-11-4-5-11/h3,6-9,11,17H,4-5H2,1-2H3,(H,18,19). The molecule has 0 radical (unpaired) electrons. The van der Waals surface area contributed by atoms with Crippen LogP contribution in [0.5, 0.6) is 0 Å². The average molecular weight is 329 g/mol. The van der Waals surface area contributed by atoms with Crippen LogP contribution in [0.1, 0.15) is 38.3 Å². The first-order chi connectivity index (χ1) is 8.97. The van der Waals surface area contributed by atoms with E-state index in [1.807, 2.05) is 13.8 Å². The number of amides is 1. The molecule has 1 aromatic rings. The summed E-state index contributed by atoms with van der Waals surface area (Å²) in [7, 11) is 0. The molecule has 1 fully saturated rings. The first-order valence-corrected chi connectivity index (χ1v) is 7.28. The molecule has 1 saturated carbocycles. The third-order valence-electron chi connectivity index (χ3n) is 3.25. The summed E-state index contributed by atoms with van der Waals surface area (Å²) < 4.78 is 13.7. The fourth-order valence-electron chi connectivity index (χ4n) is 1.95. The highest BCUT2D eigenvalue weighted by Gasteiger charge is 2.26. The number of carbonyl (C=O) groups excluding carboxylic acids is 1. The highest BCUT2D eigenvalue weighted by molar-refractivity contribution is 9.10. The minimum Gasteiger partial charge on any atom is -0.352 e. The van der Waals surface area contributed by atoms with E-state index in [-0.39, 0.29) is 23.8 Å². The summed E-state index contributed by atoms with van der Waals surface area (Å²) in [6.07, 6.45) is 2.16. The van der Waals surface area contributed by atoms with Crippen molar-refractivity contribution >= 4 is 21.8 Å². The molecule has 3 nitrogen and oxygen atoms in total. The van der Waals surface area contributed by atoms with Crippen LogP contribution >= 0.6 is 15.9 Å². The number of halogens is 2. The van der Waals surface area contributed by atoms with Crippen LogP contribution in [0.4, 0.5) is 4.39 Å². The molecule has 2 rings (SSSR count). The Morgan fingerprint density at radius 2 is 2.11 bits per heavy atom. The van der Waals surface area contributed by atoms with Crippen molar-refractivity contribution in [1.29, 1.82) is 0 Å². The van der Waals surface area contributed by atoms with Crippen LogP contribution in [0.3, 0.4) is 0 Å². The molecule has 1 aromatic carbocycles. The molecule has 2 atom stereocenters. The predicted molar refractivity (Wildman–Crippen MR) is 76.3 cm³/mol. The molecule has 1 aliphatic carbocycles. The Morgan fingerprint density at radius 3 is 2.68 bits per heavy atom. The van der Waals surface area contributed by atoms with Gasteiger partial charge in [0, 0.05) is 16.6 Å². The van der Waals surface area contributed by atoms with Gasteiger partial charge in [0.05, 0.1) is 6.04 Å². The Bertz CT molecular complexity index is 477. The normalized spacial score (nSPS) is 17.9. The van der Waals surface area contributed by atoms with Gasteiger partial charge in [0.15, 0.2) is 0 Å². The molecule has 0 spiro atoms. The van der Waals surface area contributed by atoms with E-state index >= 15 is 0 Å². The number of benzene rings is 1. The summed E-state index contributed by atoms with van der Waals surface area (Å²) in [5.74, 6) is -0.255. The molecule has 1 amide bonds. The van der Waals surface area contributed by atoms with Crippen LogP contribution in [0.25, 0.3) is 0 Å². The number of nitrogens with one attached hydrogen (secondary N) is 2. The van der Waals surface area contributed by atoms with Crippen molar-refractivity contribution in [3.63, 3.8) is 0 Å². The zero-order chi connectivity index (χ0) is 14.0. The number of rotatable bonds is 5. The van der Waals surface area contributed by atoms with Crippen LogP contribution in [0.2, 0.25) is 0 Å². The van der Waals surface area contributed by atoms with Gasteiger partial charge in [0.1, 0.15) is 5.82 Å². The first kappa shape index (κ1) is 14.5. The van der Waals surface area contributed by atoms with E-state index in [0.717, 1.165) is 18.4 Å². The maximum absolute atomic E-state index is 13.0. The summed E-state index contributed by atoms with van der Waals surface area (Å²) >= 11 is 3.34. The molecular formula is C14H18BrFN2O. The van der Waals surface area contributed by atoms with Crippen LogP contribution in [0.15, 0.2) is 22.7 Å². The second-order valence-electron chi connectivity index (χ2n) is 5.06. The van der Waals surface area contributed by atoms with Gasteiger partial charge in [-0.2, -0.15) is 0 Å². The summed E-state index contributed by atoms with van der Waals surface area (Å²) in [6, 6.07) is 4.64. The van der Waals surface area contributed by atoms with Gasteiger partial charge in [0.2, 0.25) is 5.91 Å². The van der Waals surface area contributed by atoms with Gasteiger partial charge >= 0.3 is 0 Å². The van der Waals surface area contributed by atoms with Crippen molar-refractivity contribution in [3.05, 3.63) is 34.1 Å². The van der Waals surface area contributed by atoms with Crippen molar-refractivity contribution in [3.8, 4) is 0 Å². The lowest BCUT2D eigenvalue weighted by Gasteiger charge is -2.21. The van der Waals surface area contributed by atoms with Crippen LogP contribution in [0, 0.1) is 5.82 Å². The largest absolute Gasteiger partial charge is 0.352 e. The Morgan fingerprint density at radius 1 is 1.42 bits per heavy atom. The summed E-state index contributed by atoms with van der Waals surface area (Å²) in [5.41, 5.74) is 0.937. The fourth-order valence-corrected chi connectivity index (χ4v) is 2.64. The van der Waals surface area contributed by atoms with Gasteiger partial charge in [0.25, 0.3) is 0 Å². The molecule has 2 unspecified atom stereocenters. The van der Waals surface area contributed by atoms with Gasteiger partial charge in [-0.25, -0.2) is 4.39 Å². The van der Waals surface area contributed by atoms with Crippen LogP contribution in [-0.4, -0.2) is 18.0 Å². The van der Waals surface area contributed by atoms with Crippen molar-refractivity contribution in [2.75, 3.05) is 0 Å². The maximum atomic E-state index is 13.0. The van der Waals surface area contributed by atoms with E-state index < -0.39 is 0 Å². The molecule has 104 valence electrons. The minimum absolute atomic E-state index is 0.0209. The molecule has 0 aliphatic heterocycles. The highest BCUT2D eigenvalue weighted by Crippen LogP contribution is 2.24. The topological polar surface area (TPSA) is 41.1 Å². The van der Waals surface area contributed by atoms with Crippen molar-refractivity contribution < 1.29 is 9.18 Å². The van der Waals surface area contributed by atoms with Gasteiger partial charge in [-0.1, -0.05) is 22.0 Å². The smallest absolute Gasteiger partial charge is 0.237 e. The average Bonchev–Trinajstić information content (AvgIpc) is 3.12. The Kier molecular flexibility index (Phi) is 4.58. The molecule has 0 heterocycles. The van der Waals surface area contributed by atoms with Gasteiger partial charge in [-0.05, 0) is 44.4 Å². The van der Waals surface area contributed by atoms with Crippen molar-refractivity contribution in [2.45, 2.75) is 44.8 Å². The molecule has 0 saturated heterocycles. The SMILES string of the molecule is CC(NC(C)c1ccc(F)cc1Br)C(=O)NC1CC1. The Balaban J connectivity index is 1.95. The molecule has 0 aromatic heterocycles. The summed E-state index contributed by atoms with van der Waals surface area (Å²) in [6.45, 7) is 3.80. The third-order valence-corrected chi connectivity index (χ3v) is 3.93.